The largest absolute Gasteiger partial charge is 0.371 e. The first-order valence-electron chi connectivity index (χ1n) is 7.69. The van der Waals surface area contributed by atoms with Crippen LogP contribution in [0.5, 0.6) is 0 Å². The van der Waals surface area contributed by atoms with Gasteiger partial charge in [-0.15, -0.1) is 0 Å². The van der Waals surface area contributed by atoms with E-state index in [-0.39, 0.29) is 11.8 Å². The zero-order valence-electron chi connectivity index (χ0n) is 12.1. The number of nitrogens with one attached hydrogen (secondary N) is 1. The first-order chi connectivity index (χ1) is 10.1. The number of nitrogens with zero attached hydrogens (tertiary/aromatic N) is 1. The quantitative estimate of drug-likeness (QED) is 0.856. The second kappa shape index (κ2) is 6.36. The molecule has 1 saturated carbocycles. The van der Waals surface area contributed by atoms with Gasteiger partial charge in [0.1, 0.15) is 0 Å². The molecule has 0 spiro atoms. The second-order valence-corrected chi connectivity index (χ2v) is 6.96. The van der Waals surface area contributed by atoms with Crippen LogP contribution in [0.25, 0.3) is 0 Å². The average molecular weight is 352 g/mol. The maximum absolute atomic E-state index is 11.2. The highest BCUT2D eigenvalue weighted by Gasteiger charge is 2.24. The first kappa shape index (κ1) is 14.9. The monoisotopic (exact) mass is 351 g/mol. The molecular weight excluding hydrogens is 330 g/mol. The summed E-state index contributed by atoms with van der Waals surface area (Å²) in [5.74, 6) is -0.114. The van der Waals surface area contributed by atoms with E-state index in [1.165, 1.54) is 24.1 Å². The highest BCUT2D eigenvalue weighted by molar-refractivity contribution is 9.10. The molecule has 1 saturated heterocycles. The molecule has 1 aromatic carbocycles. The van der Waals surface area contributed by atoms with Gasteiger partial charge < -0.3 is 16.0 Å². The molecule has 0 atom stereocenters. The number of carbonyl (C=O) groups excluding carboxylic acids is 1. The summed E-state index contributed by atoms with van der Waals surface area (Å²) in [6.45, 7) is 2.73. The van der Waals surface area contributed by atoms with Crippen molar-refractivity contribution >= 4 is 27.5 Å². The van der Waals surface area contributed by atoms with E-state index in [4.69, 9.17) is 5.73 Å². The normalized spacial score (nSPS) is 19.8. The van der Waals surface area contributed by atoms with Crippen LogP contribution in [0.2, 0.25) is 0 Å². The molecule has 2 aliphatic rings. The van der Waals surface area contributed by atoms with Crippen LogP contribution in [-0.4, -0.2) is 25.0 Å². The number of amides is 1. The van der Waals surface area contributed by atoms with Crippen LogP contribution >= 0.6 is 15.9 Å². The zero-order valence-corrected chi connectivity index (χ0v) is 13.7. The summed E-state index contributed by atoms with van der Waals surface area (Å²) < 4.78 is 1.13. The topological polar surface area (TPSA) is 58.4 Å². The van der Waals surface area contributed by atoms with Crippen LogP contribution in [0, 0.1) is 5.92 Å². The number of halogens is 1. The zero-order chi connectivity index (χ0) is 14.8. The van der Waals surface area contributed by atoms with E-state index in [1.807, 2.05) is 0 Å². The third kappa shape index (κ3) is 3.77. The van der Waals surface area contributed by atoms with Crippen molar-refractivity contribution in [2.75, 3.05) is 18.0 Å². The summed E-state index contributed by atoms with van der Waals surface area (Å²) in [6.07, 6.45) is 4.33. The van der Waals surface area contributed by atoms with Crippen molar-refractivity contribution in [3.05, 3.63) is 28.2 Å². The molecule has 1 amide bonds. The van der Waals surface area contributed by atoms with E-state index in [2.05, 4.69) is 44.3 Å². The van der Waals surface area contributed by atoms with Gasteiger partial charge in [-0.2, -0.15) is 0 Å². The lowest BCUT2D eigenvalue weighted by Gasteiger charge is -2.33. The highest BCUT2D eigenvalue weighted by atomic mass is 79.9. The predicted molar refractivity (Wildman–Crippen MR) is 88.1 cm³/mol. The molecule has 0 bridgehead atoms. The number of anilines is 1. The fourth-order valence-electron chi connectivity index (χ4n) is 2.87. The molecule has 21 heavy (non-hydrogen) atoms. The van der Waals surface area contributed by atoms with E-state index in [0.717, 1.165) is 43.0 Å². The molecule has 5 heteroatoms. The van der Waals surface area contributed by atoms with Crippen molar-refractivity contribution in [3.8, 4) is 0 Å². The molecule has 0 aromatic heterocycles. The van der Waals surface area contributed by atoms with Crippen LogP contribution < -0.4 is 16.0 Å². The van der Waals surface area contributed by atoms with Gasteiger partial charge in [-0.1, -0.05) is 6.07 Å². The lowest BCUT2D eigenvalue weighted by Crippen LogP contribution is -2.38. The number of piperidine rings is 1. The molecular formula is C16H22BrN3O. The molecule has 4 nitrogen and oxygen atoms in total. The molecule has 3 N–H and O–H groups in total. The van der Waals surface area contributed by atoms with E-state index < -0.39 is 0 Å². The van der Waals surface area contributed by atoms with Gasteiger partial charge in [0.15, 0.2) is 0 Å². The average Bonchev–Trinajstić information content (AvgIpc) is 3.29. The Balaban J connectivity index is 1.61. The van der Waals surface area contributed by atoms with Crippen LogP contribution in [0.4, 0.5) is 5.69 Å². The molecule has 3 rings (SSSR count). The predicted octanol–water partition coefficient (Wildman–Crippen LogP) is 2.40. The van der Waals surface area contributed by atoms with Gasteiger partial charge in [0, 0.05) is 36.1 Å². The number of nitrogens with two attached hydrogens (primary N) is 1. The Morgan fingerprint density at radius 1 is 1.29 bits per heavy atom. The van der Waals surface area contributed by atoms with Crippen LogP contribution in [0.3, 0.4) is 0 Å². The molecule has 1 aromatic rings. The highest BCUT2D eigenvalue weighted by Crippen LogP contribution is 2.31. The number of hydrogen-bond donors (Lipinski definition) is 2. The lowest BCUT2D eigenvalue weighted by atomic mass is 9.96. The standard InChI is InChI=1S/C16H22BrN3O/c17-14-9-11(10-19-13-2-3-13)1-4-15(14)20-7-5-12(6-8-20)16(18)21/h1,4,9,12-13,19H,2-3,5-8,10H2,(H2,18,21). The molecule has 0 unspecified atom stereocenters. The van der Waals surface area contributed by atoms with Crippen molar-refractivity contribution in [2.45, 2.75) is 38.3 Å². The summed E-state index contributed by atoms with van der Waals surface area (Å²) in [5.41, 5.74) is 7.92. The third-order valence-electron chi connectivity index (χ3n) is 4.42. The molecule has 1 aliphatic heterocycles. The summed E-state index contributed by atoms with van der Waals surface area (Å²) in [6, 6.07) is 7.30. The Morgan fingerprint density at radius 3 is 2.57 bits per heavy atom. The number of hydrogen-bond acceptors (Lipinski definition) is 3. The molecule has 0 radical (unpaired) electrons. The molecule has 1 heterocycles. The number of rotatable bonds is 5. The number of benzene rings is 1. The Hall–Kier alpha value is -1.07. The van der Waals surface area contributed by atoms with Crippen LogP contribution in [-0.2, 0) is 11.3 Å². The van der Waals surface area contributed by atoms with Gasteiger partial charge in [0.2, 0.25) is 5.91 Å². The van der Waals surface area contributed by atoms with Gasteiger partial charge in [-0.3, -0.25) is 4.79 Å². The van der Waals surface area contributed by atoms with Gasteiger partial charge >= 0.3 is 0 Å². The maximum atomic E-state index is 11.2. The summed E-state index contributed by atoms with van der Waals surface area (Å²) in [7, 11) is 0. The minimum Gasteiger partial charge on any atom is -0.371 e. The summed E-state index contributed by atoms with van der Waals surface area (Å²) >= 11 is 3.69. The molecule has 1 aliphatic carbocycles. The third-order valence-corrected chi connectivity index (χ3v) is 5.06. The first-order valence-corrected chi connectivity index (χ1v) is 8.49. The van der Waals surface area contributed by atoms with E-state index in [1.54, 1.807) is 0 Å². The van der Waals surface area contributed by atoms with Crippen molar-refractivity contribution < 1.29 is 4.79 Å². The fourth-order valence-corrected chi connectivity index (χ4v) is 3.55. The van der Waals surface area contributed by atoms with E-state index in [0.29, 0.717) is 0 Å². The number of primary amides is 1. The Kier molecular flexibility index (Phi) is 4.50. The minimum atomic E-state index is -0.157. The Bertz CT molecular complexity index is 522. The SMILES string of the molecule is NC(=O)C1CCN(c2ccc(CNC3CC3)cc2Br)CC1. The van der Waals surface area contributed by atoms with Gasteiger partial charge in [0.25, 0.3) is 0 Å². The van der Waals surface area contributed by atoms with Crippen molar-refractivity contribution in [1.29, 1.82) is 0 Å². The Morgan fingerprint density at radius 2 is 2.00 bits per heavy atom. The van der Waals surface area contributed by atoms with Gasteiger partial charge in [-0.25, -0.2) is 0 Å². The van der Waals surface area contributed by atoms with E-state index >= 15 is 0 Å². The number of carbonyl (C=O) groups is 1. The summed E-state index contributed by atoms with van der Waals surface area (Å²) in [5, 5.41) is 3.53. The lowest BCUT2D eigenvalue weighted by molar-refractivity contribution is -0.122. The smallest absolute Gasteiger partial charge is 0.220 e. The Labute approximate surface area is 134 Å². The van der Waals surface area contributed by atoms with Crippen molar-refractivity contribution in [1.82, 2.24) is 5.32 Å². The fraction of sp³-hybridized carbons (Fsp3) is 0.562. The van der Waals surface area contributed by atoms with Crippen LogP contribution in [0.15, 0.2) is 22.7 Å². The maximum Gasteiger partial charge on any atom is 0.220 e. The van der Waals surface area contributed by atoms with Crippen molar-refractivity contribution in [3.63, 3.8) is 0 Å². The minimum absolute atomic E-state index is 0.0436. The molecule has 114 valence electrons. The van der Waals surface area contributed by atoms with Crippen molar-refractivity contribution in [2.24, 2.45) is 11.7 Å². The second-order valence-electron chi connectivity index (χ2n) is 6.10. The van der Waals surface area contributed by atoms with Gasteiger partial charge in [-0.05, 0) is 59.3 Å². The van der Waals surface area contributed by atoms with Crippen LogP contribution in [0.1, 0.15) is 31.2 Å². The van der Waals surface area contributed by atoms with E-state index in [9.17, 15) is 4.79 Å². The summed E-state index contributed by atoms with van der Waals surface area (Å²) in [4.78, 5) is 13.6. The molecule has 2 fully saturated rings. The van der Waals surface area contributed by atoms with Gasteiger partial charge in [0.05, 0.1) is 5.69 Å².